The molecule has 0 radical (unpaired) electrons. The third kappa shape index (κ3) is 4.32. The first kappa shape index (κ1) is 16.4. The van der Waals surface area contributed by atoms with E-state index in [4.69, 9.17) is 4.52 Å². The van der Waals surface area contributed by atoms with E-state index in [2.05, 4.69) is 15.8 Å². The van der Waals surface area contributed by atoms with E-state index in [1.54, 1.807) is 37.3 Å². The highest BCUT2D eigenvalue weighted by molar-refractivity contribution is 6.03. The van der Waals surface area contributed by atoms with Gasteiger partial charge in [-0.1, -0.05) is 41.6 Å². The molecule has 2 amide bonds. The van der Waals surface area contributed by atoms with E-state index in [1.807, 2.05) is 30.3 Å². The average Bonchev–Trinajstić information content (AvgIpc) is 3.07. The monoisotopic (exact) mass is 335 g/mol. The summed E-state index contributed by atoms with van der Waals surface area (Å²) >= 11 is 0. The van der Waals surface area contributed by atoms with Crippen LogP contribution < -0.4 is 10.6 Å². The molecule has 0 fully saturated rings. The van der Waals surface area contributed by atoms with Gasteiger partial charge in [0.1, 0.15) is 0 Å². The number of hydrogen-bond donors (Lipinski definition) is 2. The van der Waals surface area contributed by atoms with Crippen LogP contribution in [-0.2, 0) is 6.54 Å². The zero-order chi connectivity index (χ0) is 17.6. The third-order valence-corrected chi connectivity index (χ3v) is 3.53. The molecule has 0 bridgehead atoms. The number of amides is 2. The number of benzene rings is 2. The number of anilines is 1. The maximum absolute atomic E-state index is 12.3. The molecule has 0 saturated carbocycles. The lowest BCUT2D eigenvalue weighted by molar-refractivity contribution is 0.0948. The zero-order valence-corrected chi connectivity index (χ0v) is 13.7. The molecule has 0 aliphatic carbocycles. The van der Waals surface area contributed by atoms with Crippen molar-refractivity contribution in [1.82, 2.24) is 10.5 Å². The topological polar surface area (TPSA) is 84.2 Å². The summed E-state index contributed by atoms with van der Waals surface area (Å²) in [6.45, 7) is 2.17. The molecule has 126 valence electrons. The van der Waals surface area contributed by atoms with Gasteiger partial charge in [0.05, 0.1) is 5.69 Å². The second-order valence-electron chi connectivity index (χ2n) is 5.54. The number of carbonyl (C=O) groups excluding carboxylic acids is 2. The molecule has 0 spiro atoms. The number of aromatic nitrogens is 1. The van der Waals surface area contributed by atoms with E-state index >= 15 is 0 Å². The van der Waals surface area contributed by atoms with E-state index < -0.39 is 5.91 Å². The second kappa shape index (κ2) is 7.44. The molecule has 25 heavy (non-hydrogen) atoms. The highest BCUT2D eigenvalue weighted by atomic mass is 16.5. The Morgan fingerprint density at radius 2 is 1.80 bits per heavy atom. The molecule has 0 unspecified atom stereocenters. The number of aryl methyl sites for hydroxylation is 1. The van der Waals surface area contributed by atoms with Crippen LogP contribution in [0.4, 0.5) is 5.69 Å². The molecule has 0 saturated heterocycles. The van der Waals surface area contributed by atoms with Gasteiger partial charge in [0.2, 0.25) is 5.76 Å². The first-order valence-electron chi connectivity index (χ1n) is 7.79. The van der Waals surface area contributed by atoms with Crippen molar-refractivity contribution in [3.8, 4) is 0 Å². The molecular weight excluding hydrogens is 318 g/mol. The molecule has 3 rings (SSSR count). The average molecular weight is 335 g/mol. The van der Waals surface area contributed by atoms with Gasteiger partial charge in [-0.2, -0.15) is 0 Å². The maximum atomic E-state index is 12.3. The second-order valence-corrected chi connectivity index (χ2v) is 5.54. The Balaban J connectivity index is 1.64. The summed E-state index contributed by atoms with van der Waals surface area (Å²) in [5, 5.41) is 9.22. The van der Waals surface area contributed by atoms with Crippen LogP contribution in [0.2, 0.25) is 0 Å². The van der Waals surface area contributed by atoms with Crippen LogP contribution in [0.15, 0.2) is 65.2 Å². The molecule has 6 nitrogen and oxygen atoms in total. The number of nitrogens with zero attached hydrogens (tertiary/aromatic N) is 1. The van der Waals surface area contributed by atoms with Gasteiger partial charge in [0.15, 0.2) is 0 Å². The van der Waals surface area contributed by atoms with Crippen molar-refractivity contribution in [2.45, 2.75) is 13.5 Å². The van der Waals surface area contributed by atoms with Crippen LogP contribution in [0, 0.1) is 6.92 Å². The van der Waals surface area contributed by atoms with Crippen molar-refractivity contribution in [2.24, 2.45) is 0 Å². The van der Waals surface area contributed by atoms with Gasteiger partial charge in [-0.05, 0) is 30.7 Å². The van der Waals surface area contributed by atoms with Crippen molar-refractivity contribution >= 4 is 17.5 Å². The molecule has 1 heterocycles. The van der Waals surface area contributed by atoms with E-state index in [9.17, 15) is 9.59 Å². The summed E-state index contributed by atoms with van der Waals surface area (Å²) in [5.74, 6) is -0.505. The van der Waals surface area contributed by atoms with Crippen molar-refractivity contribution in [2.75, 3.05) is 5.32 Å². The standard InChI is InChI=1S/C19H17N3O3/c1-13-10-17(25-22-13)19(24)21-16-9-5-8-15(11-16)18(23)20-12-14-6-3-2-4-7-14/h2-11H,12H2,1H3,(H,20,23)(H,21,24). The van der Waals surface area contributed by atoms with Crippen molar-refractivity contribution in [3.63, 3.8) is 0 Å². The first-order chi connectivity index (χ1) is 12.1. The molecule has 6 heteroatoms. The minimum Gasteiger partial charge on any atom is -0.351 e. The zero-order valence-electron chi connectivity index (χ0n) is 13.7. The van der Waals surface area contributed by atoms with Gasteiger partial charge in [0.25, 0.3) is 11.8 Å². The number of rotatable bonds is 5. The Labute approximate surface area is 144 Å². The van der Waals surface area contributed by atoms with Gasteiger partial charge in [0, 0.05) is 23.9 Å². The summed E-state index contributed by atoms with van der Waals surface area (Å²) in [4.78, 5) is 24.4. The highest BCUT2D eigenvalue weighted by Gasteiger charge is 2.13. The first-order valence-corrected chi connectivity index (χ1v) is 7.79. The molecule has 2 aromatic carbocycles. The smallest absolute Gasteiger partial charge is 0.294 e. The Morgan fingerprint density at radius 3 is 2.52 bits per heavy atom. The highest BCUT2D eigenvalue weighted by Crippen LogP contribution is 2.13. The number of nitrogens with one attached hydrogen (secondary N) is 2. The summed E-state index contributed by atoms with van der Waals surface area (Å²) in [7, 11) is 0. The lowest BCUT2D eigenvalue weighted by atomic mass is 10.1. The van der Waals surface area contributed by atoms with Gasteiger partial charge in [-0.25, -0.2) is 0 Å². The van der Waals surface area contributed by atoms with Crippen LogP contribution in [0.5, 0.6) is 0 Å². The van der Waals surface area contributed by atoms with Crippen molar-refractivity contribution in [1.29, 1.82) is 0 Å². The van der Waals surface area contributed by atoms with E-state index in [-0.39, 0.29) is 11.7 Å². The predicted octanol–water partition coefficient (Wildman–Crippen LogP) is 3.17. The van der Waals surface area contributed by atoms with E-state index in [1.165, 1.54) is 0 Å². The molecule has 2 N–H and O–H groups in total. The fourth-order valence-electron chi connectivity index (χ4n) is 2.28. The normalized spacial score (nSPS) is 10.3. The van der Waals surface area contributed by atoms with Crippen LogP contribution in [0.1, 0.15) is 32.2 Å². The third-order valence-electron chi connectivity index (χ3n) is 3.53. The van der Waals surface area contributed by atoms with Crippen molar-refractivity contribution < 1.29 is 14.1 Å². The molecular formula is C19H17N3O3. The van der Waals surface area contributed by atoms with Gasteiger partial charge in [-0.15, -0.1) is 0 Å². The quantitative estimate of drug-likeness (QED) is 0.750. The van der Waals surface area contributed by atoms with Crippen molar-refractivity contribution in [3.05, 3.63) is 83.2 Å². The summed E-state index contributed by atoms with van der Waals surface area (Å²) < 4.78 is 4.92. The summed E-state index contributed by atoms with van der Waals surface area (Å²) in [6.07, 6.45) is 0. The number of carbonyl (C=O) groups is 2. The summed E-state index contributed by atoms with van der Waals surface area (Å²) in [6, 6.07) is 17.9. The Kier molecular flexibility index (Phi) is 4.89. The van der Waals surface area contributed by atoms with Crippen LogP contribution >= 0.6 is 0 Å². The van der Waals surface area contributed by atoms with Gasteiger partial charge >= 0.3 is 0 Å². The Bertz CT molecular complexity index is 888. The SMILES string of the molecule is Cc1cc(C(=O)Nc2cccc(C(=O)NCc3ccccc3)c2)on1. The minimum atomic E-state index is -0.414. The van der Waals surface area contributed by atoms with Gasteiger partial charge < -0.3 is 15.2 Å². The molecule has 3 aromatic rings. The predicted molar refractivity (Wildman–Crippen MR) is 93.2 cm³/mol. The molecule has 0 aliphatic rings. The Morgan fingerprint density at radius 1 is 1.00 bits per heavy atom. The molecule has 0 atom stereocenters. The lowest BCUT2D eigenvalue weighted by Crippen LogP contribution is -2.23. The van der Waals surface area contributed by atoms with Crippen LogP contribution in [0.3, 0.4) is 0 Å². The maximum Gasteiger partial charge on any atom is 0.294 e. The minimum absolute atomic E-state index is 0.122. The van der Waals surface area contributed by atoms with Crippen LogP contribution in [0.25, 0.3) is 0 Å². The fourth-order valence-corrected chi connectivity index (χ4v) is 2.28. The largest absolute Gasteiger partial charge is 0.351 e. The van der Waals surface area contributed by atoms with Crippen LogP contribution in [-0.4, -0.2) is 17.0 Å². The van der Waals surface area contributed by atoms with E-state index in [0.29, 0.717) is 23.5 Å². The molecule has 1 aromatic heterocycles. The fraction of sp³-hybridized carbons (Fsp3) is 0.105. The van der Waals surface area contributed by atoms with Gasteiger partial charge in [-0.3, -0.25) is 9.59 Å². The summed E-state index contributed by atoms with van der Waals surface area (Å²) in [5.41, 5.74) is 2.61. The van der Waals surface area contributed by atoms with E-state index in [0.717, 1.165) is 5.56 Å². The Hall–Kier alpha value is -3.41. The lowest BCUT2D eigenvalue weighted by Gasteiger charge is -2.08. The molecule has 0 aliphatic heterocycles. The number of hydrogen-bond acceptors (Lipinski definition) is 4.